The van der Waals surface area contributed by atoms with Crippen molar-refractivity contribution >= 4 is 22.7 Å². The number of aromatic nitrogens is 6. The van der Waals surface area contributed by atoms with Crippen molar-refractivity contribution in [3.05, 3.63) is 70.8 Å². The van der Waals surface area contributed by atoms with Gasteiger partial charge < -0.3 is 0 Å². The fraction of sp³-hybridized carbons (Fsp3) is 0.211. The van der Waals surface area contributed by atoms with Gasteiger partial charge in [-0.2, -0.15) is 4.68 Å². The first-order chi connectivity index (χ1) is 13.1. The van der Waals surface area contributed by atoms with Gasteiger partial charge in [-0.15, -0.1) is 10.2 Å². The van der Waals surface area contributed by atoms with Crippen molar-refractivity contribution in [3.63, 3.8) is 0 Å². The average Bonchev–Trinajstić information content (AvgIpc) is 3.13. The molecule has 4 rings (SSSR count). The van der Waals surface area contributed by atoms with E-state index >= 15 is 0 Å². The van der Waals surface area contributed by atoms with Crippen molar-refractivity contribution < 1.29 is 0 Å². The number of fused-ring (bicyclic) bond motifs is 1. The van der Waals surface area contributed by atoms with Gasteiger partial charge in [0, 0.05) is 5.92 Å². The second-order valence-corrected chi connectivity index (χ2v) is 7.25. The maximum absolute atomic E-state index is 12.6. The Bertz CT molecular complexity index is 1140. The molecule has 2 aromatic heterocycles. The van der Waals surface area contributed by atoms with Crippen LogP contribution in [0.5, 0.6) is 0 Å². The van der Waals surface area contributed by atoms with Crippen LogP contribution in [0.25, 0.3) is 16.6 Å². The van der Waals surface area contributed by atoms with Crippen LogP contribution in [-0.2, 0) is 5.88 Å². The quantitative estimate of drug-likeness (QED) is 0.496. The summed E-state index contributed by atoms with van der Waals surface area (Å²) in [6, 6.07) is 17.1. The van der Waals surface area contributed by atoms with Crippen molar-refractivity contribution in [1.82, 2.24) is 29.8 Å². The lowest BCUT2D eigenvalue weighted by Gasteiger charge is -2.07. The van der Waals surface area contributed by atoms with Gasteiger partial charge in [-0.05, 0) is 24.3 Å². The summed E-state index contributed by atoms with van der Waals surface area (Å²) in [6.07, 6.45) is 0. The third-order valence-electron chi connectivity index (χ3n) is 4.08. The van der Waals surface area contributed by atoms with Crippen LogP contribution in [0, 0.1) is 0 Å². The van der Waals surface area contributed by atoms with Gasteiger partial charge in [-0.3, -0.25) is 4.79 Å². The highest BCUT2D eigenvalue weighted by atomic mass is 32.2. The number of para-hydroxylation sites is 1. The van der Waals surface area contributed by atoms with Crippen LogP contribution >= 0.6 is 11.8 Å². The molecule has 2 aromatic carbocycles. The van der Waals surface area contributed by atoms with Crippen LogP contribution in [-0.4, -0.2) is 29.8 Å². The third-order valence-corrected chi connectivity index (χ3v) is 4.88. The minimum absolute atomic E-state index is 0.167. The first kappa shape index (κ1) is 17.4. The molecule has 8 heteroatoms. The topological polar surface area (TPSA) is 78.5 Å². The molecule has 0 amide bonds. The van der Waals surface area contributed by atoms with Crippen molar-refractivity contribution in [2.24, 2.45) is 0 Å². The zero-order valence-corrected chi connectivity index (χ0v) is 15.8. The molecule has 4 aromatic rings. The summed E-state index contributed by atoms with van der Waals surface area (Å²) < 4.78 is 3.19. The summed E-state index contributed by atoms with van der Waals surface area (Å²) in [6.45, 7) is 4.16. The normalized spacial score (nSPS) is 11.4. The number of thioether (sulfide) groups is 1. The Morgan fingerprint density at radius 1 is 1.04 bits per heavy atom. The summed E-state index contributed by atoms with van der Waals surface area (Å²) in [5.41, 5.74) is 1.39. The average molecular weight is 378 g/mol. The Kier molecular flexibility index (Phi) is 4.72. The van der Waals surface area contributed by atoms with Crippen molar-refractivity contribution in [3.8, 4) is 5.69 Å². The number of rotatable bonds is 5. The summed E-state index contributed by atoms with van der Waals surface area (Å²) in [4.78, 5) is 17.2. The molecule has 136 valence electrons. The lowest BCUT2D eigenvalue weighted by atomic mass is 10.2. The van der Waals surface area contributed by atoms with Gasteiger partial charge in [0.25, 0.3) is 5.56 Å². The fourth-order valence-electron chi connectivity index (χ4n) is 2.73. The van der Waals surface area contributed by atoms with E-state index in [-0.39, 0.29) is 11.5 Å². The molecule has 0 saturated carbocycles. The molecule has 2 heterocycles. The van der Waals surface area contributed by atoms with E-state index in [1.807, 2.05) is 47.1 Å². The molecule has 0 fully saturated rings. The van der Waals surface area contributed by atoms with Crippen LogP contribution in [0.15, 0.2) is 64.5 Å². The highest BCUT2D eigenvalue weighted by molar-refractivity contribution is 7.98. The molecular weight excluding hydrogens is 360 g/mol. The zero-order chi connectivity index (χ0) is 18.8. The molecule has 0 radical (unpaired) electrons. The summed E-state index contributed by atoms with van der Waals surface area (Å²) in [5, 5.41) is 13.9. The molecule has 7 nitrogen and oxygen atoms in total. The summed E-state index contributed by atoms with van der Waals surface area (Å²) in [5.74, 6) is 1.39. The van der Waals surface area contributed by atoms with Crippen LogP contribution in [0.2, 0.25) is 0 Å². The lowest BCUT2D eigenvalue weighted by molar-refractivity contribution is 0.643. The van der Waals surface area contributed by atoms with E-state index in [0.29, 0.717) is 21.9 Å². The number of benzene rings is 2. The maximum atomic E-state index is 12.6. The molecule has 27 heavy (non-hydrogen) atoms. The van der Waals surface area contributed by atoms with Crippen molar-refractivity contribution in [1.29, 1.82) is 0 Å². The predicted octanol–water partition coefficient (Wildman–Crippen LogP) is 3.25. The Morgan fingerprint density at radius 2 is 1.78 bits per heavy atom. The van der Waals surface area contributed by atoms with Crippen LogP contribution in [0.1, 0.15) is 25.6 Å². The number of hydrogen-bond donors (Lipinski definition) is 0. The van der Waals surface area contributed by atoms with Gasteiger partial charge in [-0.1, -0.05) is 61.2 Å². The highest BCUT2D eigenvalue weighted by Crippen LogP contribution is 2.22. The van der Waals surface area contributed by atoms with Crippen molar-refractivity contribution in [2.45, 2.75) is 30.8 Å². The van der Waals surface area contributed by atoms with Crippen LogP contribution < -0.4 is 5.56 Å². The minimum atomic E-state index is -0.167. The Balaban J connectivity index is 1.62. The summed E-state index contributed by atoms with van der Waals surface area (Å²) in [7, 11) is 0. The third kappa shape index (κ3) is 3.48. The second-order valence-electron chi connectivity index (χ2n) is 6.34. The second kappa shape index (κ2) is 7.32. The van der Waals surface area contributed by atoms with E-state index in [1.54, 1.807) is 12.1 Å². The largest absolute Gasteiger partial charge is 0.278 e. The van der Waals surface area contributed by atoms with E-state index < -0.39 is 0 Å². The molecule has 0 atom stereocenters. The first-order valence-corrected chi connectivity index (χ1v) is 9.60. The Labute approximate surface area is 160 Å². The number of hydrogen-bond acceptors (Lipinski definition) is 6. The van der Waals surface area contributed by atoms with Gasteiger partial charge in [0.2, 0.25) is 5.16 Å². The molecule has 0 N–H and O–H groups in total. The SMILES string of the molecule is CC(C)c1nc(SCn2nnc3ccccc3c2=O)nn1-c1ccccc1. The highest BCUT2D eigenvalue weighted by Gasteiger charge is 2.15. The van der Waals surface area contributed by atoms with E-state index in [0.717, 1.165) is 11.5 Å². The Hall–Kier alpha value is -3.00. The molecule has 0 bridgehead atoms. The smallest absolute Gasteiger partial charge is 0.267 e. The van der Waals surface area contributed by atoms with E-state index in [1.165, 1.54) is 16.4 Å². The van der Waals surface area contributed by atoms with Crippen LogP contribution in [0.3, 0.4) is 0 Å². The molecule has 0 aliphatic heterocycles. The summed E-state index contributed by atoms with van der Waals surface area (Å²) >= 11 is 1.36. The van der Waals surface area contributed by atoms with Gasteiger partial charge in [-0.25, -0.2) is 9.67 Å². The molecule has 0 aliphatic rings. The minimum Gasteiger partial charge on any atom is -0.267 e. The van der Waals surface area contributed by atoms with Gasteiger partial charge in [0.1, 0.15) is 11.3 Å². The van der Waals surface area contributed by atoms with Crippen LogP contribution in [0.4, 0.5) is 0 Å². The molecule has 0 aliphatic carbocycles. The first-order valence-electron chi connectivity index (χ1n) is 8.61. The lowest BCUT2D eigenvalue weighted by Crippen LogP contribution is -2.23. The zero-order valence-electron chi connectivity index (χ0n) is 15.0. The standard InChI is InChI=1S/C19H18N6OS/c1-13(2)17-20-19(22-25(17)14-8-4-3-5-9-14)27-12-24-18(26)15-10-6-7-11-16(15)21-23-24/h3-11,13H,12H2,1-2H3. The van der Waals surface area contributed by atoms with Gasteiger partial charge in [0.05, 0.1) is 17.0 Å². The fourth-order valence-corrected chi connectivity index (χ4v) is 3.43. The molecule has 0 unspecified atom stereocenters. The Morgan fingerprint density at radius 3 is 2.56 bits per heavy atom. The van der Waals surface area contributed by atoms with E-state index in [9.17, 15) is 4.79 Å². The molecule has 0 saturated heterocycles. The molecule has 0 spiro atoms. The van der Waals surface area contributed by atoms with E-state index in [2.05, 4.69) is 34.2 Å². The van der Waals surface area contributed by atoms with E-state index in [4.69, 9.17) is 0 Å². The van der Waals surface area contributed by atoms with Crippen molar-refractivity contribution in [2.75, 3.05) is 0 Å². The molecular formula is C19H18N6OS. The van der Waals surface area contributed by atoms with Gasteiger partial charge >= 0.3 is 0 Å². The monoisotopic (exact) mass is 378 g/mol. The maximum Gasteiger partial charge on any atom is 0.278 e. The predicted molar refractivity (Wildman–Crippen MR) is 105 cm³/mol. The van der Waals surface area contributed by atoms with Gasteiger partial charge in [0.15, 0.2) is 0 Å². The number of nitrogens with zero attached hydrogens (tertiary/aromatic N) is 6.